The van der Waals surface area contributed by atoms with Crippen molar-refractivity contribution in [2.45, 2.75) is 6.42 Å². The lowest BCUT2D eigenvalue weighted by Gasteiger charge is -2.15. The topological polar surface area (TPSA) is 33.2 Å². The van der Waals surface area contributed by atoms with E-state index in [-0.39, 0.29) is 11.8 Å². The summed E-state index contributed by atoms with van der Waals surface area (Å²) >= 11 is 3.32. The van der Waals surface area contributed by atoms with Gasteiger partial charge in [-0.15, -0.1) is 12.3 Å². The lowest BCUT2D eigenvalue weighted by Crippen LogP contribution is -2.24. The van der Waals surface area contributed by atoms with Gasteiger partial charge in [-0.05, 0) is 22.0 Å². The Hall–Kier alpha value is -1.34. The van der Waals surface area contributed by atoms with Crippen molar-refractivity contribution in [3.63, 3.8) is 0 Å². The number of nitrogens with zero attached hydrogens (tertiary/aromatic N) is 2. The molecule has 1 unspecified atom stereocenters. The Morgan fingerprint density at radius 3 is 3.00 bits per heavy atom. The summed E-state index contributed by atoms with van der Waals surface area (Å²) in [6.07, 6.45) is 9.10. The van der Waals surface area contributed by atoms with Crippen LogP contribution in [-0.4, -0.2) is 17.4 Å². The quantitative estimate of drug-likeness (QED) is 0.726. The van der Waals surface area contributed by atoms with E-state index in [1.165, 1.54) is 0 Å². The smallest absolute Gasteiger partial charge is 0.228 e. The largest absolute Gasteiger partial charge is 0.310 e. The first-order valence-corrected chi connectivity index (χ1v) is 5.37. The third-order valence-electron chi connectivity index (χ3n) is 2.36. The number of rotatable bonds is 1. The van der Waals surface area contributed by atoms with E-state index in [4.69, 9.17) is 6.42 Å². The predicted octanol–water partition coefficient (Wildman–Crippen LogP) is 1.83. The number of terminal acetylenes is 1. The molecule has 0 aromatic carbocycles. The Morgan fingerprint density at radius 2 is 2.40 bits per heavy atom. The summed E-state index contributed by atoms with van der Waals surface area (Å²) in [7, 11) is 0. The predicted molar refractivity (Wildman–Crippen MR) is 61.2 cm³/mol. The zero-order valence-electron chi connectivity index (χ0n) is 7.98. The molecule has 1 aromatic heterocycles. The minimum atomic E-state index is 0.0245. The van der Waals surface area contributed by atoms with Crippen LogP contribution >= 0.6 is 15.9 Å². The fraction of sp³-hybridized carbons (Fsp3) is 0.273. The van der Waals surface area contributed by atoms with Crippen LogP contribution in [0.3, 0.4) is 0 Å². The van der Waals surface area contributed by atoms with Gasteiger partial charge >= 0.3 is 0 Å². The number of hydrogen-bond donors (Lipinski definition) is 0. The molecule has 0 saturated carbocycles. The first kappa shape index (κ1) is 10.2. The maximum absolute atomic E-state index is 11.6. The summed E-state index contributed by atoms with van der Waals surface area (Å²) in [6, 6.07) is 1.86. The molecule has 1 aliphatic rings. The normalized spacial score (nSPS) is 20.4. The number of hydrogen-bond acceptors (Lipinski definition) is 2. The van der Waals surface area contributed by atoms with Crippen LogP contribution in [0.4, 0.5) is 5.69 Å². The molecule has 0 bridgehead atoms. The second-order valence-corrected chi connectivity index (χ2v) is 4.35. The van der Waals surface area contributed by atoms with Gasteiger partial charge in [0.1, 0.15) is 0 Å². The lowest BCUT2D eigenvalue weighted by atomic mass is 10.1. The van der Waals surface area contributed by atoms with Gasteiger partial charge in [-0.1, -0.05) is 0 Å². The van der Waals surface area contributed by atoms with Crippen LogP contribution in [-0.2, 0) is 4.79 Å². The van der Waals surface area contributed by atoms with Gasteiger partial charge < -0.3 is 4.90 Å². The fourth-order valence-corrected chi connectivity index (χ4v) is 1.97. The van der Waals surface area contributed by atoms with E-state index in [2.05, 4.69) is 26.8 Å². The van der Waals surface area contributed by atoms with Crippen molar-refractivity contribution in [3.8, 4) is 12.3 Å². The molecule has 1 aromatic rings. The maximum atomic E-state index is 11.6. The summed E-state index contributed by atoms with van der Waals surface area (Å²) in [4.78, 5) is 17.3. The molecule has 76 valence electrons. The summed E-state index contributed by atoms with van der Waals surface area (Å²) in [6.45, 7) is 0.591. The van der Waals surface area contributed by atoms with Crippen molar-refractivity contribution in [1.29, 1.82) is 0 Å². The molecule has 1 saturated heterocycles. The number of halogens is 1. The van der Waals surface area contributed by atoms with E-state index in [9.17, 15) is 4.79 Å². The van der Waals surface area contributed by atoms with Crippen molar-refractivity contribution in [3.05, 3.63) is 22.9 Å². The Labute approximate surface area is 96.6 Å². The summed E-state index contributed by atoms with van der Waals surface area (Å²) in [5.74, 6) is 2.71. The second kappa shape index (κ2) is 4.03. The number of aromatic nitrogens is 1. The lowest BCUT2D eigenvalue weighted by molar-refractivity contribution is -0.117. The van der Waals surface area contributed by atoms with Crippen LogP contribution in [0.1, 0.15) is 6.42 Å². The highest BCUT2D eigenvalue weighted by molar-refractivity contribution is 9.10. The molecule has 15 heavy (non-hydrogen) atoms. The van der Waals surface area contributed by atoms with E-state index < -0.39 is 0 Å². The SMILES string of the molecule is C#CC1CC(=O)N(c2cncc(Br)c2)C1. The van der Waals surface area contributed by atoms with Crippen LogP contribution in [0, 0.1) is 18.3 Å². The summed E-state index contributed by atoms with van der Waals surface area (Å²) < 4.78 is 0.858. The molecule has 0 radical (unpaired) electrons. The molecular weight excluding hydrogens is 256 g/mol. The zero-order chi connectivity index (χ0) is 10.8. The molecule has 2 heterocycles. The molecule has 2 rings (SSSR count). The average Bonchev–Trinajstić information content (AvgIpc) is 2.60. The highest BCUT2D eigenvalue weighted by Crippen LogP contribution is 2.25. The van der Waals surface area contributed by atoms with Crippen molar-refractivity contribution in [2.75, 3.05) is 11.4 Å². The number of carbonyl (C=O) groups is 1. The molecule has 3 nitrogen and oxygen atoms in total. The number of amides is 1. The third-order valence-corrected chi connectivity index (χ3v) is 2.80. The Balaban J connectivity index is 2.26. The van der Waals surface area contributed by atoms with Gasteiger partial charge in [0, 0.05) is 29.6 Å². The minimum absolute atomic E-state index is 0.0245. The summed E-state index contributed by atoms with van der Waals surface area (Å²) in [5.41, 5.74) is 0.798. The number of carbonyl (C=O) groups excluding carboxylic acids is 1. The van der Waals surface area contributed by atoms with E-state index in [0.29, 0.717) is 13.0 Å². The molecule has 0 N–H and O–H groups in total. The van der Waals surface area contributed by atoms with Crippen molar-refractivity contribution in [1.82, 2.24) is 4.98 Å². The van der Waals surface area contributed by atoms with E-state index in [0.717, 1.165) is 10.2 Å². The third kappa shape index (κ3) is 2.02. The van der Waals surface area contributed by atoms with Gasteiger partial charge in [0.2, 0.25) is 5.91 Å². The fourth-order valence-electron chi connectivity index (χ4n) is 1.62. The van der Waals surface area contributed by atoms with E-state index >= 15 is 0 Å². The van der Waals surface area contributed by atoms with Crippen molar-refractivity contribution in [2.24, 2.45) is 5.92 Å². The molecule has 1 aliphatic heterocycles. The van der Waals surface area contributed by atoms with Crippen LogP contribution in [0.25, 0.3) is 0 Å². The summed E-state index contributed by atoms with van der Waals surface area (Å²) in [5, 5.41) is 0. The van der Waals surface area contributed by atoms with Crippen LogP contribution in [0.15, 0.2) is 22.9 Å². The van der Waals surface area contributed by atoms with Crippen molar-refractivity contribution < 1.29 is 4.79 Å². The number of anilines is 1. The van der Waals surface area contributed by atoms with Gasteiger partial charge in [0.15, 0.2) is 0 Å². The maximum Gasteiger partial charge on any atom is 0.228 e. The van der Waals surface area contributed by atoms with Gasteiger partial charge in [0.05, 0.1) is 11.9 Å². The number of pyridine rings is 1. The zero-order valence-corrected chi connectivity index (χ0v) is 9.57. The van der Waals surface area contributed by atoms with Crippen LogP contribution in [0.5, 0.6) is 0 Å². The van der Waals surface area contributed by atoms with E-state index in [1.807, 2.05) is 6.07 Å². The van der Waals surface area contributed by atoms with Gasteiger partial charge in [-0.2, -0.15) is 0 Å². The molecule has 1 atom stereocenters. The van der Waals surface area contributed by atoms with Gasteiger partial charge in [-0.25, -0.2) is 0 Å². The first-order valence-electron chi connectivity index (χ1n) is 4.58. The van der Waals surface area contributed by atoms with Crippen LogP contribution in [0.2, 0.25) is 0 Å². The molecule has 1 fully saturated rings. The molecule has 1 amide bonds. The van der Waals surface area contributed by atoms with Crippen molar-refractivity contribution >= 4 is 27.5 Å². The highest BCUT2D eigenvalue weighted by atomic mass is 79.9. The van der Waals surface area contributed by atoms with E-state index in [1.54, 1.807) is 17.3 Å². The Kier molecular flexibility index (Phi) is 2.74. The molecule has 4 heteroatoms. The minimum Gasteiger partial charge on any atom is -0.310 e. The molecular formula is C11H9BrN2O. The van der Waals surface area contributed by atoms with Gasteiger partial charge in [0.25, 0.3) is 0 Å². The highest BCUT2D eigenvalue weighted by Gasteiger charge is 2.29. The van der Waals surface area contributed by atoms with Gasteiger partial charge in [-0.3, -0.25) is 9.78 Å². The molecule has 0 aliphatic carbocycles. The Morgan fingerprint density at radius 1 is 1.60 bits per heavy atom. The Bertz CT molecular complexity index is 438. The monoisotopic (exact) mass is 264 g/mol. The van der Waals surface area contributed by atoms with Crippen LogP contribution < -0.4 is 4.90 Å². The second-order valence-electron chi connectivity index (χ2n) is 3.43. The standard InChI is InChI=1S/C11H9BrN2O/c1-2-8-3-11(15)14(7-8)10-4-9(12)5-13-6-10/h1,4-6,8H,3,7H2. The molecule has 0 spiro atoms. The first-order chi connectivity index (χ1) is 7.20. The average molecular weight is 265 g/mol.